The van der Waals surface area contributed by atoms with Crippen LogP contribution in [-0.4, -0.2) is 84.0 Å². The second-order valence-electron chi connectivity index (χ2n) is 22.0. The van der Waals surface area contributed by atoms with Crippen molar-refractivity contribution in [3.8, 4) is 0 Å². The van der Waals surface area contributed by atoms with E-state index in [1.165, 1.54) is 5.69 Å². The van der Waals surface area contributed by atoms with Gasteiger partial charge in [0.05, 0.1) is 19.1 Å². The zero-order chi connectivity index (χ0) is 55.0. The van der Waals surface area contributed by atoms with Gasteiger partial charge >= 0.3 is 0 Å². The van der Waals surface area contributed by atoms with E-state index in [1.807, 2.05) is 24.5 Å². The maximum atomic E-state index is 4.66. The Morgan fingerprint density at radius 3 is 1.48 bits per heavy atom. The largest absolute Gasteiger partial charge is 0.331 e. The van der Waals surface area contributed by atoms with Crippen LogP contribution < -0.4 is 5.32 Å². The van der Waals surface area contributed by atoms with Crippen molar-refractivity contribution < 1.29 is 0 Å². The van der Waals surface area contributed by atoms with E-state index in [0.717, 1.165) is 79.5 Å². The molecule has 1 N–H and O–H groups in total. The summed E-state index contributed by atoms with van der Waals surface area (Å²) in [5.74, 6) is 7.72. The molecule has 0 spiro atoms. The summed E-state index contributed by atoms with van der Waals surface area (Å²) in [6.45, 7) is 44.0. The molecule has 0 fully saturated rings. The highest BCUT2D eigenvalue weighted by atomic mass is 15.2. The Bertz CT molecular complexity index is 2920. The van der Waals surface area contributed by atoms with Crippen LogP contribution in [0.3, 0.4) is 0 Å². The van der Waals surface area contributed by atoms with Gasteiger partial charge in [-0.05, 0) is 93.4 Å². The van der Waals surface area contributed by atoms with E-state index in [9.17, 15) is 0 Å². The Labute approximate surface area is 444 Å². The average Bonchev–Trinajstić information content (AvgIpc) is 4.20. The zero-order valence-electron chi connectivity index (χ0n) is 48.4. The van der Waals surface area contributed by atoms with Gasteiger partial charge in [-0.15, -0.1) is 0 Å². The second kappa shape index (κ2) is 25.0. The summed E-state index contributed by atoms with van der Waals surface area (Å²) < 4.78 is 11.1. The first kappa shape index (κ1) is 57.3. The highest BCUT2D eigenvalue weighted by Gasteiger charge is 2.23. The minimum atomic E-state index is 0.365. The first-order chi connectivity index (χ1) is 35.5. The standard InChI is InChI=1S/2C12H17N3.C11H18N4.2C11H16N4/c1-8(2)11-5-10-6-13-7-14-12(10)15(11)9(3)4;1-8(2)11-14-10-6-5-7-13-12(10)15(11)9(3)4;2*1-7(2)10-14-9-5-12-6-13-11(9)15(10)8(3)4;1-7(2)10-14-9-11(13-6-5-12-9)15(10)8(3)4/h2*5-9H,1-4H3;6-8H,5H2,1-4H3,(H,12,13);2*5-8H,1-4H3. The van der Waals surface area contributed by atoms with Crippen LogP contribution in [0.2, 0.25) is 0 Å². The van der Waals surface area contributed by atoms with Crippen molar-refractivity contribution >= 4 is 56.8 Å². The Hall–Kier alpha value is -6.98. The molecule has 18 nitrogen and oxygen atoms in total. The molecule has 0 saturated heterocycles. The maximum absolute atomic E-state index is 4.66. The lowest BCUT2D eigenvalue weighted by atomic mass is 10.1. The van der Waals surface area contributed by atoms with Gasteiger partial charge in [0.15, 0.2) is 22.6 Å². The molecule has 0 saturated carbocycles. The predicted octanol–water partition coefficient (Wildman–Crippen LogP) is 13.9. The number of nitrogens with zero attached hydrogens (tertiary/aromatic N) is 17. The molecule has 9 aromatic heterocycles. The highest BCUT2D eigenvalue weighted by Crippen LogP contribution is 2.31. The average molecular weight is 1020 g/mol. The topological polar surface area (TPSA) is 191 Å². The van der Waals surface area contributed by atoms with Crippen molar-refractivity contribution in [1.29, 1.82) is 0 Å². The molecule has 0 aromatic carbocycles. The summed E-state index contributed by atoms with van der Waals surface area (Å²) in [5.41, 5.74) is 8.88. The molecule has 402 valence electrons. The van der Waals surface area contributed by atoms with Gasteiger partial charge in [0.1, 0.15) is 64.1 Å². The molecule has 0 bridgehead atoms. The molecule has 18 heteroatoms. The molecule has 0 radical (unpaired) electrons. The van der Waals surface area contributed by atoms with E-state index in [-0.39, 0.29) is 0 Å². The Morgan fingerprint density at radius 1 is 0.440 bits per heavy atom. The monoisotopic (exact) mass is 1020 g/mol. The van der Waals surface area contributed by atoms with Crippen molar-refractivity contribution in [2.24, 2.45) is 4.99 Å². The van der Waals surface area contributed by atoms with Gasteiger partial charge in [-0.1, -0.05) is 69.2 Å². The molecule has 0 aliphatic carbocycles. The Kier molecular flexibility index (Phi) is 19.1. The molecule has 1 aliphatic heterocycles. The number of fused-ring (bicyclic) bond motifs is 5. The first-order valence-electron chi connectivity index (χ1n) is 26.9. The van der Waals surface area contributed by atoms with Gasteiger partial charge in [0.2, 0.25) is 0 Å². The van der Waals surface area contributed by atoms with Crippen LogP contribution >= 0.6 is 0 Å². The number of rotatable bonds is 10. The van der Waals surface area contributed by atoms with Crippen molar-refractivity contribution in [2.45, 2.75) is 205 Å². The minimum Gasteiger partial charge on any atom is -0.331 e. The van der Waals surface area contributed by atoms with Gasteiger partial charge in [-0.2, -0.15) is 0 Å². The summed E-state index contributed by atoms with van der Waals surface area (Å²) in [4.78, 5) is 52.3. The SMILES string of the molecule is CC(C)c1cc2cncnc2n1C(C)C.CC(C)c1nc2c(n1C(C)C)NC=NC2.CC(C)c1nc2cccnc2n1C(C)C.CC(C)c1nc2cncnc2n1C(C)C.CC(C)c1nc2nccnc2n1C(C)C. The van der Waals surface area contributed by atoms with E-state index in [4.69, 9.17) is 0 Å². The molecule has 75 heavy (non-hydrogen) atoms. The molecular formula is C57H84N18. The van der Waals surface area contributed by atoms with Crippen LogP contribution in [0.5, 0.6) is 0 Å². The number of hydrogen-bond donors (Lipinski definition) is 1. The number of nitrogens with one attached hydrogen (secondary N) is 1. The third kappa shape index (κ3) is 12.9. The van der Waals surface area contributed by atoms with Gasteiger partial charge in [0, 0.05) is 89.7 Å². The third-order valence-electron chi connectivity index (χ3n) is 12.5. The molecule has 10 heterocycles. The van der Waals surface area contributed by atoms with Crippen LogP contribution in [0.1, 0.15) is 233 Å². The van der Waals surface area contributed by atoms with Gasteiger partial charge in [0.25, 0.3) is 0 Å². The van der Waals surface area contributed by atoms with Crippen LogP contribution in [0.15, 0.2) is 66.8 Å². The van der Waals surface area contributed by atoms with E-state index in [2.05, 4.69) is 233 Å². The summed E-state index contributed by atoms with van der Waals surface area (Å²) in [6.07, 6.45) is 13.8. The summed E-state index contributed by atoms with van der Waals surface area (Å²) in [7, 11) is 0. The molecule has 0 unspecified atom stereocenters. The number of aliphatic imine (C=N–C) groups is 1. The smallest absolute Gasteiger partial charge is 0.197 e. The van der Waals surface area contributed by atoms with Crippen molar-refractivity contribution in [3.63, 3.8) is 0 Å². The van der Waals surface area contributed by atoms with E-state index in [1.54, 1.807) is 37.6 Å². The molecule has 10 rings (SSSR count). The van der Waals surface area contributed by atoms with Crippen molar-refractivity contribution in [3.05, 3.63) is 96.5 Å². The fourth-order valence-corrected chi connectivity index (χ4v) is 9.31. The quantitative estimate of drug-likeness (QED) is 0.137. The number of hydrogen-bond acceptors (Lipinski definition) is 13. The number of aromatic nitrogens is 16. The van der Waals surface area contributed by atoms with Crippen LogP contribution in [0, 0.1) is 0 Å². The zero-order valence-corrected chi connectivity index (χ0v) is 48.4. The first-order valence-corrected chi connectivity index (χ1v) is 26.9. The molecule has 0 atom stereocenters. The number of imidazole rings is 4. The van der Waals surface area contributed by atoms with Crippen molar-refractivity contribution in [1.82, 2.24) is 77.7 Å². The van der Waals surface area contributed by atoms with Crippen LogP contribution in [0.4, 0.5) is 5.82 Å². The molecule has 0 amide bonds. The molecular weight excluding hydrogens is 937 g/mol. The third-order valence-corrected chi connectivity index (χ3v) is 12.5. The lowest BCUT2D eigenvalue weighted by molar-refractivity contribution is 0.556. The highest BCUT2D eigenvalue weighted by molar-refractivity contribution is 5.78. The van der Waals surface area contributed by atoms with Crippen LogP contribution in [0.25, 0.3) is 44.7 Å². The maximum Gasteiger partial charge on any atom is 0.197 e. The fourth-order valence-electron chi connectivity index (χ4n) is 9.31. The number of pyridine rings is 1. The second-order valence-corrected chi connectivity index (χ2v) is 22.0. The molecule has 1 aliphatic rings. The van der Waals surface area contributed by atoms with Crippen LogP contribution in [-0.2, 0) is 6.54 Å². The number of anilines is 1. The normalized spacial score (nSPS) is 12.4. The van der Waals surface area contributed by atoms with E-state index in [0.29, 0.717) is 66.3 Å². The summed E-state index contributed by atoms with van der Waals surface area (Å²) in [6, 6.07) is 8.16. The lowest BCUT2D eigenvalue weighted by Crippen LogP contribution is -2.13. The minimum absolute atomic E-state index is 0.365. The fraction of sp³-hybridized carbons (Fsp3) is 0.544. The van der Waals surface area contributed by atoms with E-state index < -0.39 is 0 Å². The summed E-state index contributed by atoms with van der Waals surface area (Å²) in [5, 5.41) is 4.33. The predicted molar refractivity (Wildman–Crippen MR) is 306 cm³/mol. The van der Waals surface area contributed by atoms with E-state index >= 15 is 0 Å². The Balaban J connectivity index is 0.000000152. The molecule has 9 aromatic rings. The van der Waals surface area contributed by atoms with Gasteiger partial charge in [-0.25, -0.2) is 54.8 Å². The van der Waals surface area contributed by atoms with Gasteiger partial charge in [-0.3, -0.25) is 4.99 Å². The Morgan fingerprint density at radius 2 is 0.920 bits per heavy atom. The van der Waals surface area contributed by atoms with Crippen molar-refractivity contribution in [2.75, 3.05) is 5.32 Å². The van der Waals surface area contributed by atoms with Gasteiger partial charge < -0.3 is 28.2 Å². The summed E-state index contributed by atoms with van der Waals surface area (Å²) >= 11 is 0. The lowest BCUT2D eigenvalue weighted by Gasteiger charge is -2.18.